The van der Waals surface area contributed by atoms with Crippen molar-refractivity contribution in [3.8, 4) is 11.3 Å². The molecule has 146 valence electrons. The Kier molecular flexibility index (Phi) is 4.14. The van der Waals surface area contributed by atoms with Gasteiger partial charge in [0, 0.05) is 34.2 Å². The van der Waals surface area contributed by atoms with Gasteiger partial charge in [0.25, 0.3) is 0 Å². The van der Waals surface area contributed by atoms with Gasteiger partial charge in [-0.1, -0.05) is 74.0 Å². The second-order valence-electron chi connectivity index (χ2n) is 8.64. The summed E-state index contributed by atoms with van der Waals surface area (Å²) in [6.45, 7) is 4.27. The van der Waals surface area contributed by atoms with E-state index in [1.54, 1.807) is 0 Å². The van der Waals surface area contributed by atoms with E-state index in [0.717, 1.165) is 45.9 Å². The predicted molar refractivity (Wildman–Crippen MR) is 116 cm³/mol. The standard InChI is InChI=1S/C24H22ClN3O/c1-24(2)12-17-20(18(29)13-24)19(15-10-6-7-11-16(15)25)21-22(27-28-23(21)26-17)14-8-4-3-5-9-14/h3-11,19H,12-13H2,1-2H3,(H2,26,27,28)/t19-/m0/s1. The summed E-state index contributed by atoms with van der Waals surface area (Å²) < 4.78 is 0. The van der Waals surface area contributed by atoms with Gasteiger partial charge in [0.15, 0.2) is 11.6 Å². The molecule has 3 aromatic rings. The molecule has 0 bridgehead atoms. The molecule has 2 heterocycles. The largest absolute Gasteiger partial charge is 0.342 e. The van der Waals surface area contributed by atoms with Crippen LogP contribution in [0.1, 0.15) is 43.7 Å². The van der Waals surface area contributed by atoms with Crippen LogP contribution in [0.15, 0.2) is 65.9 Å². The van der Waals surface area contributed by atoms with Crippen LogP contribution in [0.25, 0.3) is 11.3 Å². The number of nitrogens with one attached hydrogen (secondary N) is 2. The number of nitrogens with zero attached hydrogens (tertiary/aromatic N) is 1. The van der Waals surface area contributed by atoms with E-state index in [2.05, 4.69) is 29.4 Å². The number of hydrogen-bond donors (Lipinski definition) is 2. The number of halogens is 1. The number of aromatic amines is 1. The highest BCUT2D eigenvalue weighted by atomic mass is 35.5. The number of aromatic nitrogens is 2. The highest BCUT2D eigenvalue weighted by molar-refractivity contribution is 6.31. The van der Waals surface area contributed by atoms with E-state index in [0.29, 0.717) is 11.4 Å². The Morgan fingerprint density at radius 1 is 1.03 bits per heavy atom. The molecule has 4 nitrogen and oxygen atoms in total. The first kappa shape index (κ1) is 18.2. The van der Waals surface area contributed by atoms with Crippen molar-refractivity contribution in [3.05, 3.63) is 82.0 Å². The Balaban J connectivity index is 1.77. The molecule has 2 N–H and O–H groups in total. The molecule has 0 saturated heterocycles. The van der Waals surface area contributed by atoms with E-state index >= 15 is 0 Å². The SMILES string of the molecule is CC1(C)CC(=O)C2=C(C1)Nc1n[nH]c(-c3ccccc3)c1[C@H]2c1ccccc1Cl. The molecule has 0 spiro atoms. The maximum atomic E-state index is 13.3. The van der Waals surface area contributed by atoms with Crippen molar-refractivity contribution < 1.29 is 4.79 Å². The van der Waals surface area contributed by atoms with Gasteiger partial charge in [0.05, 0.1) is 5.69 Å². The molecule has 1 atom stereocenters. The van der Waals surface area contributed by atoms with E-state index in [1.807, 2.05) is 54.6 Å². The molecule has 0 radical (unpaired) electrons. The van der Waals surface area contributed by atoms with Gasteiger partial charge in [-0.2, -0.15) is 5.10 Å². The molecule has 1 aromatic heterocycles. The first-order valence-electron chi connectivity index (χ1n) is 9.86. The van der Waals surface area contributed by atoms with Crippen LogP contribution in [0.4, 0.5) is 5.82 Å². The fourth-order valence-corrected chi connectivity index (χ4v) is 4.89. The number of anilines is 1. The van der Waals surface area contributed by atoms with E-state index in [-0.39, 0.29) is 17.1 Å². The van der Waals surface area contributed by atoms with Crippen molar-refractivity contribution in [3.63, 3.8) is 0 Å². The van der Waals surface area contributed by atoms with E-state index in [9.17, 15) is 4.79 Å². The van der Waals surface area contributed by atoms with E-state index < -0.39 is 0 Å². The zero-order valence-corrected chi connectivity index (χ0v) is 17.2. The molecule has 1 aliphatic carbocycles. The van der Waals surface area contributed by atoms with Crippen LogP contribution in [0.3, 0.4) is 0 Å². The summed E-state index contributed by atoms with van der Waals surface area (Å²) in [4.78, 5) is 13.3. The third kappa shape index (κ3) is 2.99. The monoisotopic (exact) mass is 403 g/mol. The summed E-state index contributed by atoms with van der Waals surface area (Å²) in [5.74, 6) is 0.713. The molecule has 0 fully saturated rings. The Morgan fingerprint density at radius 3 is 2.52 bits per heavy atom. The molecule has 29 heavy (non-hydrogen) atoms. The second-order valence-corrected chi connectivity index (χ2v) is 9.05. The maximum absolute atomic E-state index is 13.3. The van der Waals surface area contributed by atoms with Crippen LogP contribution in [-0.2, 0) is 4.79 Å². The van der Waals surface area contributed by atoms with Crippen molar-refractivity contribution in [2.45, 2.75) is 32.6 Å². The van der Waals surface area contributed by atoms with Gasteiger partial charge < -0.3 is 5.32 Å². The molecular weight excluding hydrogens is 382 g/mol. The average molecular weight is 404 g/mol. The Hall–Kier alpha value is -2.85. The number of allylic oxidation sites excluding steroid dienone is 2. The fraction of sp³-hybridized carbons (Fsp3) is 0.250. The highest BCUT2D eigenvalue weighted by Gasteiger charge is 2.43. The zero-order valence-electron chi connectivity index (χ0n) is 16.4. The number of fused-ring (bicyclic) bond motifs is 1. The van der Waals surface area contributed by atoms with Gasteiger partial charge in [-0.15, -0.1) is 0 Å². The van der Waals surface area contributed by atoms with Crippen molar-refractivity contribution >= 4 is 23.2 Å². The smallest absolute Gasteiger partial charge is 0.162 e. The number of H-pyrrole nitrogens is 1. The maximum Gasteiger partial charge on any atom is 0.162 e. The molecule has 1 aliphatic heterocycles. The molecule has 0 unspecified atom stereocenters. The van der Waals surface area contributed by atoms with E-state index in [1.165, 1.54) is 0 Å². The lowest BCUT2D eigenvalue weighted by Gasteiger charge is -2.38. The minimum Gasteiger partial charge on any atom is -0.342 e. The predicted octanol–water partition coefficient (Wildman–Crippen LogP) is 5.93. The molecule has 2 aromatic carbocycles. The number of hydrogen-bond acceptors (Lipinski definition) is 3. The van der Waals surface area contributed by atoms with Crippen molar-refractivity contribution in [2.24, 2.45) is 5.41 Å². The number of ketones is 1. The molecule has 5 heteroatoms. The quantitative estimate of drug-likeness (QED) is 0.557. The van der Waals surface area contributed by atoms with Crippen LogP contribution in [0.2, 0.25) is 5.02 Å². The van der Waals surface area contributed by atoms with Gasteiger partial charge in [-0.3, -0.25) is 9.89 Å². The second kappa shape index (κ2) is 6.60. The summed E-state index contributed by atoms with van der Waals surface area (Å²) in [5, 5.41) is 11.9. The average Bonchev–Trinajstić information content (AvgIpc) is 3.10. The van der Waals surface area contributed by atoms with Gasteiger partial charge in [0.2, 0.25) is 0 Å². The fourth-order valence-electron chi connectivity index (χ4n) is 4.64. The zero-order chi connectivity index (χ0) is 20.2. The van der Waals surface area contributed by atoms with Gasteiger partial charge >= 0.3 is 0 Å². The lowest BCUT2D eigenvalue weighted by atomic mass is 9.69. The third-order valence-corrected chi connectivity index (χ3v) is 6.19. The Labute approximate surface area is 175 Å². The van der Waals surface area contributed by atoms with Crippen LogP contribution in [0.5, 0.6) is 0 Å². The number of rotatable bonds is 2. The van der Waals surface area contributed by atoms with Crippen LogP contribution >= 0.6 is 11.6 Å². The minimum atomic E-state index is -0.243. The van der Waals surface area contributed by atoms with Crippen molar-refractivity contribution in [1.29, 1.82) is 0 Å². The Bertz CT molecular complexity index is 1140. The summed E-state index contributed by atoms with van der Waals surface area (Å²) in [7, 11) is 0. The number of benzene rings is 2. The minimum absolute atomic E-state index is 0.0793. The van der Waals surface area contributed by atoms with Gasteiger partial charge in [0.1, 0.15) is 0 Å². The van der Waals surface area contributed by atoms with E-state index in [4.69, 9.17) is 11.6 Å². The van der Waals surface area contributed by atoms with Crippen LogP contribution in [-0.4, -0.2) is 16.0 Å². The molecule has 0 amide bonds. The lowest BCUT2D eigenvalue weighted by molar-refractivity contribution is -0.118. The highest BCUT2D eigenvalue weighted by Crippen LogP contribution is 2.51. The summed E-state index contributed by atoms with van der Waals surface area (Å²) in [6.07, 6.45) is 1.34. The van der Waals surface area contributed by atoms with Crippen molar-refractivity contribution in [2.75, 3.05) is 5.32 Å². The summed E-state index contributed by atoms with van der Waals surface area (Å²) >= 11 is 6.64. The normalized spacial score (nSPS) is 20.1. The number of carbonyl (C=O) groups is 1. The number of carbonyl (C=O) groups excluding carboxylic acids is 1. The van der Waals surface area contributed by atoms with Crippen LogP contribution in [0, 0.1) is 5.41 Å². The van der Waals surface area contributed by atoms with Gasteiger partial charge in [-0.05, 0) is 29.0 Å². The van der Waals surface area contributed by atoms with Gasteiger partial charge in [-0.25, -0.2) is 0 Å². The van der Waals surface area contributed by atoms with Crippen LogP contribution < -0.4 is 5.32 Å². The first-order chi connectivity index (χ1) is 13.9. The molecule has 2 aliphatic rings. The first-order valence-corrected chi connectivity index (χ1v) is 10.2. The lowest BCUT2D eigenvalue weighted by Crippen LogP contribution is -2.33. The summed E-state index contributed by atoms with van der Waals surface area (Å²) in [5.41, 5.74) is 5.59. The molecule has 0 saturated carbocycles. The third-order valence-electron chi connectivity index (χ3n) is 5.85. The topological polar surface area (TPSA) is 57.8 Å². The number of Topliss-reactive ketones (excluding diaryl/α,β-unsaturated/α-hetero) is 1. The Morgan fingerprint density at radius 2 is 1.76 bits per heavy atom. The van der Waals surface area contributed by atoms with Crippen molar-refractivity contribution in [1.82, 2.24) is 10.2 Å². The summed E-state index contributed by atoms with van der Waals surface area (Å²) in [6, 6.07) is 17.9. The molecule has 5 rings (SSSR count). The molecular formula is C24H22ClN3O.